The average molecular weight is 344 g/mol. The summed E-state index contributed by atoms with van der Waals surface area (Å²) < 4.78 is 39.7. The van der Waals surface area contributed by atoms with E-state index in [0.29, 0.717) is 5.56 Å². The Labute approximate surface area is 133 Å². The highest BCUT2D eigenvalue weighted by Gasteiger charge is 2.26. The number of rotatable bonds is 5. The van der Waals surface area contributed by atoms with Crippen LogP contribution in [0.2, 0.25) is 5.02 Å². The highest BCUT2D eigenvalue weighted by atomic mass is 35.5. The molecule has 4 nitrogen and oxygen atoms in total. The number of aliphatic hydroxyl groups is 1. The van der Waals surface area contributed by atoms with Crippen LogP contribution < -0.4 is 4.72 Å². The topological polar surface area (TPSA) is 66.4 Å². The van der Waals surface area contributed by atoms with Gasteiger partial charge in [0, 0.05) is 6.54 Å². The Kier molecular flexibility index (Phi) is 4.87. The summed E-state index contributed by atoms with van der Waals surface area (Å²) in [6.07, 6.45) is 0. The standard InChI is InChI=1S/C15H15ClFNO3S/c1-15(19,11-5-3-2-4-6-11)10-18-22(20,21)12-7-8-14(17)13(16)9-12/h2-9,18-19H,10H2,1H3/t15-/m0/s1. The number of hydrogen-bond donors (Lipinski definition) is 2. The van der Waals surface area contributed by atoms with Gasteiger partial charge < -0.3 is 5.11 Å². The van der Waals surface area contributed by atoms with Crippen molar-refractivity contribution < 1.29 is 17.9 Å². The van der Waals surface area contributed by atoms with E-state index in [1.54, 1.807) is 30.3 Å². The number of nitrogens with one attached hydrogen (secondary N) is 1. The van der Waals surface area contributed by atoms with Crippen LogP contribution in [0.1, 0.15) is 12.5 Å². The summed E-state index contributed by atoms with van der Waals surface area (Å²) in [6, 6.07) is 11.8. The van der Waals surface area contributed by atoms with E-state index < -0.39 is 21.4 Å². The van der Waals surface area contributed by atoms with Gasteiger partial charge in [-0.05, 0) is 30.7 Å². The smallest absolute Gasteiger partial charge is 0.240 e. The molecule has 0 aromatic heterocycles. The van der Waals surface area contributed by atoms with Gasteiger partial charge in [-0.1, -0.05) is 41.9 Å². The summed E-state index contributed by atoms with van der Waals surface area (Å²) in [7, 11) is -3.90. The average Bonchev–Trinajstić information content (AvgIpc) is 2.49. The molecule has 2 aromatic carbocycles. The van der Waals surface area contributed by atoms with Crippen LogP contribution in [0.15, 0.2) is 53.4 Å². The van der Waals surface area contributed by atoms with Crippen molar-refractivity contribution in [2.45, 2.75) is 17.4 Å². The fourth-order valence-electron chi connectivity index (χ4n) is 1.86. The second-order valence-corrected chi connectivity index (χ2v) is 7.21. The van der Waals surface area contributed by atoms with Gasteiger partial charge in [-0.2, -0.15) is 0 Å². The minimum atomic E-state index is -3.90. The number of sulfonamides is 1. The third-order valence-electron chi connectivity index (χ3n) is 3.20. The minimum Gasteiger partial charge on any atom is -0.384 e. The van der Waals surface area contributed by atoms with Gasteiger partial charge in [0.15, 0.2) is 0 Å². The first-order valence-electron chi connectivity index (χ1n) is 6.45. The molecule has 2 rings (SSSR count). The lowest BCUT2D eigenvalue weighted by Crippen LogP contribution is -2.38. The summed E-state index contributed by atoms with van der Waals surface area (Å²) in [5.74, 6) is -0.697. The van der Waals surface area contributed by atoms with Crippen molar-refractivity contribution in [3.8, 4) is 0 Å². The van der Waals surface area contributed by atoms with Crippen LogP contribution in [0.3, 0.4) is 0 Å². The highest BCUT2D eigenvalue weighted by Crippen LogP contribution is 2.22. The van der Waals surface area contributed by atoms with Crippen LogP contribution in [0.5, 0.6) is 0 Å². The number of hydrogen-bond acceptors (Lipinski definition) is 3. The minimum absolute atomic E-state index is 0.164. The summed E-state index contributed by atoms with van der Waals surface area (Å²) in [4.78, 5) is -0.164. The van der Waals surface area contributed by atoms with E-state index in [1.807, 2.05) is 0 Å². The SMILES string of the molecule is C[C@](O)(CNS(=O)(=O)c1ccc(F)c(Cl)c1)c1ccccc1. The third-order valence-corrected chi connectivity index (χ3v) is 4.89. The van der Waals surface area contributed by atoms with Crippen molar-refractivity contribution in [1.29, 1.82) is 0 Å². The van der Waals surface area contributed by atoms with E-state index in [2.05, 4.69) is 4.72 Å². The molecule has 22 heavy (non-hydrogen) atoms. The van der Waals surface area contributed by atoms with Crippen LogP contribution in [0.4, 0.5) is 4.39 Å². The lowest BCUT2D eigenvalue weighted by atomic mass is 9.97. The third kappa shape index (κ3) is 3.84. The molecule has 0 saturated heterocycles. The molecular weight excluding hydrogens is 329 g/mol. The molecule has 0 saturated carbocycles. The Balaban J connectivity index is 2.17. The largest absolute Gasteiger partial charge is 0.384 e. The lowest BCUT2D eigenvalue weighted by Gasteiger charge is -2.24. The zero-order valence-electron chi connectivity index (χ0n) is 11.8. The van der Waals surface area contributed by atoms with Crippen LogP contribution in [-0.2, 0) is 15.6 Å². The van der Waals surface area contributed by atoms with Crippen molar-refractivity contribution in [2.75, 3.05) is 6.54 Å². The van der Waals surface area contributed by atoms with Crippen LogP contribution in [-0.4, -0.2) is 20.1 Å². The summed E-state index contributed by atoms with van der Waals surface area (Å²) in [6.45, 7) is 1.27. The molecule has 0 aliphatic rings. The molecule has 0 spiro atoms. The van der Waals surface area contributed by atoms with Gasteiger partial charge in [0.25, 0.3) is 0 Å². The Morgan fingerprint density at radius 1 is 1.23 bits per heavy atom. The van der Waals surface area contributed by atoms with E-state index >= 15 is 0 Å². The molecule has 2 N–H and O–H groups in total. The van der Waals surface area contributed by atoms with Crippen molar-refractivity contribution in [1.82, 2.24) is 4.72 Å². The molecule has 0 unspecified atom stereocenters. The van der Waals surface area contributed by atoms with Crippen molar-refractivity contribution in [3.63, 3.8) is 0 Å². The quantitative estimate of drug-likeness (QED) is 0.877. The maximum atomic E-state index is 13.1. The van der Waals surface area contributed by atoms with Crippen molar-refractivity contribution >= 4 is 21.6 Å². The maximum absolute atomic E-state index is 13.1. The van der Waals surface area contributed by atoms with E-state index in [4.69, 9.17) is 11.6 Å². The number of benzene rings is 2. The van der Waals surface area contributed by atoms with Crippen LogP contribution >= 0.6 is 11.6 Å². The molecule has 0 radical (unpaired) electrons. The lowest BCUT2D eigenvalue weighted by molar-refractivity contribution is 0.0627. The van der Waals surface area contributed by atoms with E-state index in [9.17, 15) is 17.9 Å². The molecule has 0 heterocycles. The first-order valence-corrected chi connectivity index (χ1v) is 8.31. The molecule has 0 aliphatic carbocycles. The Hall–Kier alpha value is -1.47. The monoisotopic (exact) mass is 343 g/mol. The molecule has 1 atom stereocenters. The molecule has 2 aromatic rings. The van der Waals surface area contributed by atoms with Gasteiger partial charge in [-0.25, -0.2) is 17.5 Å². The van der Waals surface area contributed by atoms with E-state index in [0.717, 1.165) is 18.2 Å². The van der Waals surface area contributed by atoms with Crippen molar-refractivity contribution in [2.24, 2.45) is 0 Å². The van der Waals surface area contributed by atoms with Crippen molar-refractivity contribution in [3.05, 3.63) is 64.9 Å². The predicted octanol–water partition coefficient (Wildman–Crippen LogP) is 2.67. The molecule has 0 fully saturated rings. The Bertz CT molecular complexity index is 764. The van der Waals surface area contributed by atoms with Gasteiger partial charge in [-0.3, -0.25) is 0 Å². The summed E-state index contributed by atoms with van der Waals surface area (Å²) in [5, 5.41) is 10.1. The van der Waals surface area contributed by atoms with Gasteiger partial charge in [0.05, 0.1) is 9.92 Å². The second kappa shape index (κ2) is 6.34. The Morgan fingerprint density at radius 3 is 2.45 bits per heavy atom. The number of halogens is 2. The van der Waals surface area contributed by atoms with Crippen LogP contribution in [0.25, 0.3) is 0 Å². The maximum Gasteiger partial charge on any atom is 0.240 e. The zero-order valence-corrected chi connectivity index (χ0v) is 13.3. The summed E-state index contributed by atoms with van der Waals surface area (Å²) in [5.41, 5.74) is -0.798. The molecule has 0 aliphatic heterocycles. The highest BCUT2D eigenvalue weighted by molar-refractivity contribution is 7.89. The predicted molar refractivity (Wildman–Crippen MR) is 82.6 cm³/mol. The van der Waals surface area contributed by atoms with E-state index in [1.165, 1.54) is 6.92 Å². The molecule has 7 heteroatoms. The Morgan fingerprint density at radius 2 is 1.86 bits per heavy atom. The zero-order chi connectivity index (χ0) is 16.4. The molecule has 118 valence electrons. The first-order chi connectivity index (χ1) is 10.2. The van der Waals surface area contributed by atoms with E-state index in [-0.39, 0.29) is 16.5 Å². The molecule has 0 amide bonds. The van der Waals surface area contributed by atoms with Gasteiger partial charge in [0.1, 0.15) is 11.4 Å². The fraction of sp³-hybridized carbons (Fsp3) is 0.200. The first kappa shape index (κ1) is 16.9. The second-order valence-electron chi connectivity index (χ2n) is 5.04. The van der Waals surface area contributed by atoms with Crippen LogP contribution in [0, 0.1) is 5.82 Å². The summed E-state index contributed by atoms with van der Waals surface area (Å²) >= 11 is 5.59. The fourth-order valence-corrected chi connectivity index (χ4v) is 3.27. The van der Waals surface area contributed by atoms with Gasteiger partial charge in [0.2, 0.25) is 10.0 Å². The van der Waals surface area contributed by atoms with Gasteiger partial charge >= 0.3 is 0 Å². The van der Waals surface area contributed by atoms with Gasteiger partial charge in [-0.15, -0.1) is 0 Å². The molecular formula is C15H15ClFNO3S. The normalized spacial score (nSPS) is 14.5. The molecule has 0 bridgehead atoms.